The molecule has 0 saturated carbocycles. The van der Waals surface area contributed by atoms with Crippen molar-refractivity contribution in [2.24, 2.45) is 7.05 Å². The molecule has 86 valence electrons. The molecule has 0 saturated heterocycles. The molecule has 1 heterocycles. The van der Waals surface area contributed by atoms with Gasteiger partial charge in [-0.15, -0.1) is 5.10 Å². The van der Waals surface area contributed by atoms with E-state index in [4.69, 9.17) is 4.74 Å². The summed E-state index contributed by atoms with van der Waals surface area (Å²) in [5.74, 6) is 0.973. The van der Waals surface area contributed by atoms with Crippen LogP contribution in [0.5, 0.6) is 0 Å². The van der Waals surface area contributed by atoms with Gasteiger partial charge in [0.2, 0.25) is 5.16 Å². The van der Waals surface area contributed by atoms with E-state index in [1.165, 1.54) is 0 Å². The topological polar surface area (TPSA) is 64.9 Å². The third-order valence-corrected chi connectivity index (χ3v) is 2.81. The van der Waals surface area contributed by atoms with Crippen molar-refractivity contribution in [2.45, 2.75) is 11.6 Å². The number of aryl methyl sites for hydroxylation is 1. The van der Waals surface area contributed by atoms with E-state index in [0.29, 0.717) is 0 Å². The van der Waals surface area contributed by atoms with Crippen molar-refractivity contribution in [2.75, 3.05) is 32.6 Å². The van der Waals surface area contributed by atoms with Gasteiger partial charge < -0.3 is 10.1 Å². The van der Waals surface area contributed by atoms with Crippen LogP contribution in [0.1, 0.15) is 6.42 Å². The fraction of sp³-hybridized carbons (Fsp3) is 0.875. The minimum atomic E-state index is 0.813. The second kappa shape index (κ2) is 7.61. The third kappa shape index (κ3) is 5.10. The highest BCUT2D eigenvalue weighted by Gasteiger charge is 2.00. The fourth-order valence-electron chi connectivity index (χ4n) is 1.02. The van der Waals surface area contributed by atoms with Crippen LogP contribution in [0.2, 0.25) is 0 Å². The first kappa shape index (κ1) is 12.4. The van der Waals surface area contributed by atoms with Crippen molar-refractivity contribution in [3.63, 3.8) is 0 Å². The minimum Gasteiger partial charge on any atom is -0.385 e. The largest absolute Gasteiger partial charge is 0.385 e. The van der Waals surface area contributed by atoms with Gasteiger partial charge in [-0.3, -0.25) is 0 Å². The number of ether oxygens (including phenoxy) is 1. The molecular weight excluding hydrogens is 214 g/mol. The van der Waals surface area contributed by atoms with Gasteiger partial charge >= 0.3 is 0 Å². The number of rotatable bonds is 8. The van der Waals surface area contributed by atoms with Crippen LogP contribution >= 0.6 is 11.8 Å². The summed E-state index contributed by atoms with van der Waals surface area (Å²) in [5, 5.41) is 15.4. The summed E-state index contributed by atoms with van der Waals surface area (Å²) in [6.07, 6.45) is 1.05. The van der Waals surface area contributed by atoms with Crippen LogP contribution < -0.4 is 5.32 Å². The second-order valence-electron chi connectivity index (χ2n) is 3.03. The van der Waals surface area contributed by atoms with Gasteiger partial charge in [-0.1, -0.05) is 11.8 Å². The number of thioether (sulfide) groups is 1. The summed E-state index contributed by atoms with van der Waals surface area (Å²) < 4.78 is 6.62. The van der Waals surface area contributed by atoms with E-state index in [-0.39, 0.29) is 0 Å². The molecule has 1 aromatic rings. The Kier molecular flexibility index (Phi) is 6.29. The zero-order chi connectivity index (χ0) is 10.9. The lowest BCUT2D eigenvalue weighted by atomic mass is 10.4. The van der Waals surface area contributed by atoms with Crippen LogP contribution in [0.25, 0.3) is 0 Å². The maximum absolute atomic E-state index is 4.95. The second-order valence-corrected chi connectivity index (χ2v) is 4.09. The van der Waals surface area contributed by atoms with Crippen molar-refractivity contribution in [3.05, 3.63) is 0 Å². The molecular formula is C8H17N5OS. The van der Waals surface area contributed by atoms with Gasteiger partial charge in [0, 0.05) is 33.1 Å². The molecule has 6 nitrogen and oxygen atoms in total. The highest BCUT2D eigenvalue weighted by molar-refractivity contribution is 7.99. The smallest absolute Gasteiger partial charge is 0.209 e. The van der Waals surface area contributed by atoms with Gasteiger partial charge in [-0.25, -0.2) is 4.68 Å². The number of nitrogens with zero attached hydrogens (tertiary/aromatic N) is 4. The molecule has 1 rings (SSSR count). The Bertz CT molecular complexity index is 267. The molecule has 0 radical (unpaired) electrons. The number of tetrazole rings is 1. The monoisotopic (exact) mass is 231 g/mol. The normalized spacial score (nSPS) is 10.8. The molecule has 0 spiro atoms. The molecule has 0 fully saturated rings. The molecule has 0 aliphatic rings. The summed E-state index contributed by atoms with van der Waals surface area (Å²) in [5.41, 5.74) is 0. The van der Waals surface area contributed by atoms with Crippen LogP contribution in [0.15, 0.2) is 5.16 Å². The molecule has 1 N–H and O–H groups in total. The van der Waals surface area contributed by atoms with Crippen LogP contribution in [-0.4, -0.2) is 52.8 Å². The Morgan fingerprint density at radius 1 is 1.47 bits per heavy atom. The molecule has 7 heteroatoms. The van der Waals surface area contributed by atoms with Crippen molar-refractivity contribution in [1.82, 2.24) is 25.5 Å². The summed E-state index contributed by atoms with van der Waals surface area (Å²) in [4.78, 5) is 0. The first-order chi connectivity index (χ1) is 7.34. The first-order valence-corrected chi connectivity index (χ1v) is 5.88. The molecule has 0 bridgehead atoms. The van der Waals surface area contributed by atoms with E-state index in [1.807, 2.05) is 7.05 Å². The van der Waals surface area contributed by atoms with E-state index in [2.05, 4.69) is 20.8 Å². The van der Waals surface area contributed by atoms with Crippen LogP contribution in [-0.2, 0) is 11.8 Å². The van der Waals surface area contributed by atoms with Gasteiger partial charge in [-0.05, 0) is 23.4 Å². The van der Waals surface area contributed by atoms with E-state index in [1.54, 1.807) is 23.6 Å². The molecule has 0 aliphatic carbocycles. The SMILES string of the molecule is COCCCNCCSc1nnnn1C. The maximum atomic E-state index is 4.95. The lowest BCUT2D eigenvalue weighted by Gasteiger charge is -2.03. The summed E-state index contributed by atoms with van der Waals surface area (Å²) in [7, 11) is 3.56. The molecule has 0 unspecified atom stereocenters. The van der Waals surface area contributed by atoms with Gasteiger partial charge in [0.25, 0.3) is 0 Å². The maximum Gasteiger partial charge on any atom is 0.209 e. The van der Waals surface area contributed by atoms with Gasteiger partial charge in [0.1, 0.15) is 0 Å². The van der Waals surface area contributed by atoms with Crippen LogP contribution in [0, 0.1) is 0 Å². The van der Waals surface area contributed by atoms with Crippen molar-refractivity contribution in [3.8, 4) is 0 Å². The van der Waals surface area contributed by atoms with Gasteiger partial charge in [-0.2, -0.15) is 0 Å². The van der Waals surface area contributed by atoms with Gasteiger partial charge in [0.15, 0.2) is 0 Å². The van der Waals surface area contributed by atoms with E-state index >= 15 is 0 Å². The summed E-state index contributed by atoms with van der Waals surface area (Å²) in [6.45, 7) is 2.76. The Morgan fingerprint density at radius 2 is 2.33 bits per heavy atom. The Morgan fingerprint density at radius 3 is 3.00 bits per heavy atom. The Balaban J connectivity index is 1.96. The highest BCUT2D eigenvalue weighted by atomic mass is 32.2. The Hall–Kier alpha value is -0.660. The number of hydrogen-bond donors (Lipinski definition) is 1. The molecule has 15 heavy (non-hydrogen) atoms. The van der Waals surface area contributed by atoms with Crippen molar-refractivity contribution in [1.29, 1.82) is 0 Å². The van der Waals surface area contributed by atoms with E-state index < -0.39 is 0 Å². The molecule has 0 atom stereocenters. The zero-order valence-corrected chi connectivity index (χ0v) is 9.96. The number of nitrogens with one attached hydrogen (secondary N) is 1. The third-order valence-electron chi connectivity index (χ3n) is 1.79. The zero-order valence-electron chi connectivity index (χ0n) is 9.14. The number of hydrogen-bond acceptors (Lipinski definition) is 6. The molecule has 0 amide bonds. The van der Waals surface area contributed by atoms with Crippen molar-refractivity contribution >= 4 is 11.8 Å². The van der Waals surface area contributed by atoms with Gasteiger partial charge in [0.05, 0.1) is 0 Å². The fourth-order valence-corrected chi connectivity index (χ4v) is 1.77. The summed E-state index contributed by atoms with van der Waals surface area (Å²) >= 11 is 1.65. The average Bonchev–Trinajstić information content (AvgIpc) is 2.63. The van der Waals surface area contributed by atoms with Crippen LogP contribution in [0.3, 0.4) is 0 Å². The predicted molar refractivity (Wildman–Crippen MR) is 58.9 cm³/mol. The lowest BCUT2D eigenvalue weighted by Crippen LogP contribution is -2.19. The highest BCUT2D eigenvalue weighted by Crippen LogP contribution is 2.10. The van der Waals surface area contributed by atoms with Crippen molar-refractivity contribution < 1.29 is 4.74 Å². The number of methoxy groups -OCH3 is 1. The minimum absolute atomic E-state index is 0.813. The quantitative estimate of drug-likeness (QED) is 0.499. The Labute approximate surface area is 93.8 Å². The summed E-state index contributed by atoms with van der Waals surface area (Å²) in [6, 6.07) is 0. The number of aromatic nitrogens is 4. The van der Waals surface area contributed by atoms with E-state index in [0.717, 1.165) is 37.0 Å². The lowest BCUT2D eigenvalue weighted by molar-refractivity contribution is 0.194. The van der Waals surface area contributed by atoms with Crippen LogP contribution in [0.4, 0.5) is 0 Å². The molecule has 0 aliphatic heterocycles. The molecule has 0 aromatic carbocycles. The molecule has 1 aromatic heterocycles. The average molecular weight is 231 g/mol. The predicted octanol–water partition coefficient (Wildman–Crippen LogP) is -0.0717. The standard InChI is InChI=1S/C8H17N5OS/c1-13-8(10-11-12-13)15-7-5-9-4-3-6-14-2/h9H,3-7H2,1-2H3. The first-order valence-electron chi connectivity index (χ1n) is 4.89. The van der Waals surface area contributed by atoms with E-state index in [9.17, 15) is 0 Å².